The van der Waals surface area contributed by atoms with Gasteiger partial charge < -0.3 is 10.3 Å². The predicted molar refractivity (Wildman–Crippen MR) is 92.3 cm³/mol. The maximum Gasteiger partial charge on any atom is 0.326 e. The molecule has 0 radical (unpaired) electrons. The molecule has 0 aliphatic heterocycles. The van der Waals surface area contributed by atoms with E-state index in [-0.39, 0.29) is 11.6 Å². The van der Waals surface area contributed by atoms with Crippen molar-refractivity contribution in [1.29, 1.82) is 0 Å². The quantitative estimate of drug-likeness (QED) is 0.528. The van der Waals surface area contributed by atoms with Gasteiger partial charge in [0.05, 0.1) is 28.3 Å². The minimum absolute atomic E-state index is 0.249. The largest absolute Gasteiger partial charge is 0.326 e. The van der Waals surface area contributed by atoms with Crippen LogP contribution in [0, 0.1) is 6.92 Å². The normalized spacial score (nSPS) is 11.2. The van der Waals surface area contributed by atoms with Crippen LogP contribution in [0.5, 0.6) is 0 Å². The molecule has 24 heavy (non-hydrogen) atoms. The molecule has 0 unspecified atom stereocenters. The second kappa shape index (κ2) is 5.09. The maximum absolute atomic E-state index is 12.7. The van der Waals surface area contributed by atoms with Crippen molar-refractivity contribution >= 4 is 33.5 Å². The number of H-pyrrole nitrogens is 2. The van der Waals surface area contributed by atoms with Crippen LogP contribution >= 0.6 is 0 Å². The number of imidazole rings is 1. The van der Waals surface area contributed by atoms with Crippen molar-refractivity contribution in [2.75, 3.05) is 5.32 Å². The minimum atomic E-state index is -0.270. The number of benzene rings is 2. The van der Waals surface area contributed by atoms with Gasteiger partial charge in [0.2, 0.25) is 0 Å². The number of hydrogen-bond donors (Lipinski definition) is 3. The van der Waals surface area contributed by atoms with Gasteiger partial charge in [-0.2, -0.15) is 5.10 Å². The highest BCUT2D eigenvalue weighted by Gasteiger charge is 2.15. The monoisotopic (exact) mass is 321 g/mol. The van der Waals surface area contributed by atoms with E-state index in [0.29, 0.717) is 22.3 Å². The molecule has 0 atom stereocenters. The molecule has 1 amide bonds. The molecule has 4 rings (SSSR count). The molecular formula is C17H15N5O2. The Labute approximate surface area is 136 Å². The van der Waals surface area contributed by atoms with Crippen LogP contribution in [0.1, 0.15) is 15.9 Å². The Morgan fingerprint density at radius 1 is 1.29 bits per heavy atom. The van der Waals surface area contributed by atoms with Crippen molar-refractivity contribution in [1.82, 2.24) is 19.7 Å². The highest BCUT2D eigenvalue weighted by Crippen LogP contribution is 2.23. The van der Waals surface area contributed by atoms with Gasteiger partial charge in [-0.05, 0) is 36.8 Å². The van der Waals surface area contributed by atoms with E-state index in [9.17, 15) is 9.59 Å². The molecule has 0 saturated heterocycles. The topological polar surface area (TPSA) is 95.6 Å². The highest BCUT2D eigenvalue weighted by molar-refractivity contribution is 6.12. The Balaban J connectivity index is 1.77. The van der Waals surface area contributed by atoms with Crippen LogP contribution in [-0.2, 0) is 7.05 Å². The summed E-state index contributed by atoms with van der Waals surface area (Å²) in [6.45, 7) is 1.92. The average molecular weight is 321 g/mol. The van der Waals surface area contributed by atoms with Gasteiger partial charge in [0.1, 0.15) is 0 Å². The number of aromatic amines is 2. The number of aromatic nitrogens is 4. The summed E-state index contributed by atoms with van der Waals surface area (Å²) < 4.78 is 1.48. The van der Waals surface area contributed by atoms with Gasteiger partial charge >= 0.3 is 5.69 Å². The van der Waals surface area contributed by atoms with Crippen molar-refractivity contribution in [3.05, 3.63) is 58.1 Å². The first-order chi connectivity index (χ1) is 11.5. The van der Waals surface area contributed by atoms with E-state index in [1.807, 2.05) is 19.1 Å². The minimum Gasteiger partial charge on any atom is -0.322 e. The Morgan fingerprint density at radius 2 is 2.12 bits per heavy atom. The highest BCUT2D eigenvalue weighted by atomic mass is 16.2. The van der Waals surface area contributed by atoms with E-state index in [4.69, 9.17) is 0 Å². The Hall–Kier alpha value is -3.35. The molecule has 0 aliphatic rings. The SMILES string of the molecule is Cc1cc2[nH]ncc2cc1NC(=O)c1cccc2c1[nH]c(=O)n2C. The molecule has 2 heterocycles. The van der Waals surface area contributed by atoms with Gasteiger partial charge in [-0.1, -0.05) is 6.07 Å². The number of carbonyl (C=O) groups excluding carboxylic acids is 1. The summed E-state index contributed by atoms with van der Waals surface area (Å²) in [5.41, 5.74) is 3.95. The molecule has 2 aromatic carbocycles. The van der Waals surface area contributed by atoms with Crippen LogP contribution < -0.4 is 11.0 Å². The molecule has 4 aromatic rings. The number of anilines is 1. The summed E-state index contributed by atoms with van der Waals surface area (Å²) in [6, 6.07) is 9.06. The van der Waals surface area contributed by atoms with Crippen LogP contribution in [0.15, 0.2) is 41.3 Å². The van der Waals surface area contributed by atoms with Gasteiger partial charge in [-0.15, -0.1) is 0 Å². The van der Waals surface area contributed by atoms with Crippen LogP contribution in [0.4, 0.5) is 5.69 Å². The molecule has 7 nitrogen and oxygen atoms in total. The first-order valence-electron chi connectivity index (χ1n) is 7.47. The van der Waals surface area contributed by atoms with E-state index in [1.54, 1.807) is 31.4 Å². The number of fused-ring (bicyclic) bond motifs is 2. The third-order valence-corrected chi connectivity index (χ3v) is 4.22. The van der Waals surface area contributed by atoms with E-state index in [2.05, 4.69) is 20.5 Å². The van der Waals surface area contributed by atoms with Crippen molar-refractivity contribution in [3.63, 3.8) is 0 Å². The van der Waals surface area contributed by atoms with Crippen molar-refractivity contribution in [2.45, 2.75) is 6.92 Å². The maximum atomic E-state index is 12.7. The lowest BCUT2D eigenvalue weighted by Crippen LogP contribution is -2.13. The number of hydrogen-bond acceptors (Lipinski definition) is 3. The first-order valence-corrected chi connectivity index (χ1v) is 7.47. The van der Waals surface area contributed by atoms with Gasteiger partial charge in [-0.25, -0.2) is 4.79 Å². The van der Waals surface area contributed by atoms with Gasteiger partial charge in [-0.3, -0.25) is 14.5 Å². The molecular weight excluding hydrogens is 306 g/mol. The Kier molecular flexibility index (Phi) is 3.02. The molecule has 0 fully saturated rings. The van der Waals surface area contributed by atoms with Crippen molar-refractivity contribution in [3.8, 4) is 0 Å². The Bertz CT molecular complexity index is 1150. The number of nitrogens with zero attached hydrogens (tertiary/aromatic N) is 2. The number of para-hydroxylation sites is 1. The lowest BCUT2D eigenvalue weighted by Gasteiger charge is -2.09. The van der Waals surface area contributed by atoms with Crippen LogP contribution in [0.2, 0.25) is 0 Å². The third kappa shape index (κ3) is 2.10. The van der Waals surface area contributed by atoms with Gasteiger partial charge in [0.25, 0.3) is 5.91 Å². The summed E-state index contributed by atoms with van der Waals surface area (Å²) in [4.78, 5) is 27.3. The standard InChI is InChI=1S/C17H15N5O2/c1-9-6-13-10(8-18-21-13)7-12(9)19-16(23)11-4-3-5-14-15(11)20-17(24)22(14)2/h3-8H,1-2H3,(H,18,21)(H,19,23)(H,20,24). The zero-order chi connectivity index (χ0) is 16.8. The molecule has 120 valence electrons. The number of carbonyl (C=O) groups is 1. The smallest absolute Gasteiger partial charge is 0.322 e. The zero-order valence-electron chi connectivity index (χ0n) is 13.2. The van der Waals surface area contributed by atoms with Gasteiger partial charge in [0, 0.05) is 18.1 Å². The van der Waals surface area contributed by atoms with Crippen LogP contribution in [-0.4, -0.2) is 25.7 Å². The van der Waals surface area contributed by atoms with Crippen LogP contribution in [0.3, 0.4) is 0 Å². The van der Waals surface area contributed by atoms with E-state index in [0.717, 1.165) is 16.5 Å². The number of nitrogens with one attached hydrogen (secondary N) is 3. The summed E-state index contributed by atoms with van der Waals surface area (Å²) in [5.74, 6) is -0.270. The molecule has 0 spiro atoms. The number of amides is 1. The molecule has 2 aromatic heterocycles. The number of rotatable bonds is 2. The molecule has 0 saturated carbocycles. The predicted octanol–water partition coefficient (Wildman–Crippen LogP) is 2.30. The summed E-state index contributed by atoms with van der Waals surface area (Å²) in [6.07, 6.45) is 1.71. The number of aryl methyl sites for hydroxylation is 2. The second-order valence-corrected chi connectivity index (χ2v) is 5.77. The first kappa shape index (κ1) is 14.3. The lowest BCUT2D eigenvalue weighted by atomic mass is 10.1. The van der Waals surface area contributed by atoms with E-state index < -0.39 is 0 Å². The van der Waals surface area contributed by atoms with Crippen molar-refractivity contribution in [2.24, 2.45) is 7.05 Å². The zero-order valence-corrected chi connectivity index (χ0v) is 13.2. The van der Waals surface area contributed by atoms with E-state index >= 15 is 0 Å². The Morgan fingerprint density at radius 3 is 2.96 bits per heavy atom. The van der Waals surface area contributed by atoms with Crippen LogP contribution in [0.25, 0.3) is 21.9 Å². The molecule has 0 bridgehead atoms. The fourth-order valence-electron chi connectivity index (χ4n) is 2.86. The molecule has 0 aliphatic carbocycles. The molecule has 3 N–H and O–H groups in total. The summed E-state index contributed by atoms with van der Waals surface area (Å²) >= 11 is 0. The summed E-state index contributed by atoms with van der Waals surface area (Å²) in [7, 11) is 1.67. The summed E-state index contributed by atoms with van der Waals surface area (Å²) in [5, 5.41) is 10.7. The van der Waals surface area contributed by atoms with Gasteiger partial charge in [0.15, 0.2) is 0 Å². The third-order valence-electron chi connectivity index (χ3n) is 4.22. The second-order valence-electron chi connectivity index (χ2n) is 5.77. The fourth-order valence-corrected chi connectivity index (χ4v) is 2.86. The molecule has 7 heteroatoms. The average Bonchev–Trinajstić information content (AvgIpc) is 3.12. The van der Waals surface area contributed by atoms with Crippen molar-refractivity contribution < 1.29 is 4.79 Å². The fraction of sp³-hybridized carbons (Fsp3) is 0.118. The lowest BCUT2D eigenvalue weighted by molar-refractivity contribution is 0.102. The van der Waals surface area contributed by atoms with E-state index in [1.165, 1.54) is 4.57 Å².